The summed E-state index contributed by atoms with van der Waals surface area (Å²) in [5, 5.41) is 11.1. The van der Waals surface area contributed by atoms with Crippen LogP contribution in [0.3, 0.4) is 0 Å². The summed E-state index contributed by atoms with van der Waals surface area (Å²) in [6.45, 7) is 4.33. The van der Waals surface area contributed by atoms with Crippen LogP contribution in [-0.2, 0) is 22.4 Å². The summed E-state index contributed by atoms with van der Waals surface area (Å²) in [6, 6.07) is 6.67. The van der Waals surface area contributed by atoms with Gasteiger partial charge in [0.15, 0.2) is 0 Å². The van der Waals surface area contributed by atoms with Gasteiger partial charge in [0.25, 0.3) is 0 Å². The number of aromatic nitrogens is 1. The van der Waals surface area contributed by atoms with Gasteiger partial charge < -0.3 is 14.7 Å². The fourth-order valence-electron chi connectivity index (χ4n) is 5.07. The summed E-state index contributed by atoms with van der Waals surface area (Å²) in [7, 11) is 0. The summed E-state index contributed by atoms with van der Waals surface area (Å²) < 4.78 is 5.55. The standard InChI is InChI=1S/C21H24N2O3/c1-13-7-19(22-18-9-15-4-2-3-14(15)8-17(13)18)23-10-16-5-6-26-12-21(16,11-23)20(24)25/h7-9,16H,2-6,10-12H2,1H3,(H,24,25)/t16-,21+/m0/s1. The molecule has 136 valence electrons. The molecule has 1 aromatic heterocycles. The third-order valence-electron chi connectivity index (χ3n) is 6.63. The zero-order chi connectivity index (χ0) is 17.9. The van der Waals surface area contributed by atoms with Gasteiger partial charge in [-0.15, -0.1) is 0 Å². The predicted molar refractivity (Wildman–Crippen MR) is 99.7 cm³/mol. The van der Waals surface area contributed by atoms with Crippen LogP contribution in [0.4, 0.5) is 5.82 Å². The minimum atomic E-state index is -0.791. The van der Waals surface area contributed by atoms with Crippen LogP contribution in [0.2, 0.25) is 0 Å². The van der Waals surface area contributed by atoms with E-state index in [-0.39, 0.29) is 5.92 Å². The Morgan fingerprint density at radius 3 is 2.88 bits per heavy atom. The van der Waals surface area contributed by atoms with E-state index in [4.69, 9.17) is 9.72 Å². The van der Waals surface area contributed by atoms with E-state index in [0.29, 0.717) is 19.8 Å². The van der Waals surface area contributed by atoms with Gasteiger partial charge >= 0.3 is 5.97 Å². The number of pyridine rings is 1. The first-order chi connectivity index (χ1) is 12.6. The van der Waals surface area contributed by atoms with Crippen molar-refractivity contribution in [2.24, 2.45) is 11.3 Å². The van der Waals surface area contributed by atoms with Gasteiger partial charge in [-0.25, -0.2) is 4.98 Å². The maximum absolute atomic E-state index is 12.0. The molecule has 2 atom stereocenters. The summed E-state index contributed by atoms with van der Waals surface area (Å²) >= 11 is 0. The number of aryl methyl sites for hydroxylation is 3. The van der Waals surface area contributed by atoms with E-state index in [0.717, 1.165) is 30.7 Å². The number of rotatable bonds is 2. The number of hydrogen-bond acceptors (Lipinski definition) is 4. The molecule has 0 saturated carbocycles. The lowest BCUT2D eigenvalue weighted by molar-refractivity contribution is -0.159. The minimum absolute atomic E-state index is 0.131. The molecule has 3 aliphatic rings. The van der Waals surface area contributed by atoms with Crippen LogP contribution in [0.15, 0.2) is 18.2 Å². The summed E-state index contributed by atoms with van der Waals surface area (Å²) in [6.07, 6.45) is 4.35. The largest absolute Gasteiger partial charge is 0.481 e. The van der Waals surface area contributed by atoms with Crippen molar-refractivity contribution in [2.75, 3.05) is 31.2 Å². The highest BCUT2D eigenvalue weighted by Gasteiger charge is 2.54. The maximum atomic E-state index is 12.0. The van der Waals surface area contributed by atoms with E-state index in [9.17, 15) is 9.90 Å². The average Bonchev–Trinajstić information content (AvgIpc) is 3.24. The van der Waals surface area contributed by atoms with Crippen molar-refractivity contribution < 1.29 is 14.6 Å². The number of nitrogens with zero attached hydrogens (tertiary/aromatic N) is 2. The Balaban J connectivity index is 1.55. The van der Waals surface area contributed by atoms with E-state index in [1.807, 2.05) is 0 Å². The molecule has 5 rings (SSSR count). The van der Waals surface area contributed by atoms with Gasteiger partial charge in [0.05, 0.1) is 12.1 Å². The summed E-state index contributed by atoms with van der Waals surface area (Å²) in [5.74, 6) is 0.301. The number of fused-ring (bicyclic) bond motifs is 3. The Morgan fingerprint density at radius 1 is 1.31 bits per heavy atom. The van der Waals surface area contributed by atoms with Crippen LogP contribution in [0.1, 0.15) is 29.5 Å². The van der Waals surface area contributed by atoms with Crippen molar-refractivity contribution in [2.45, 2.75) is 32.6 Å². The zero-order valence-electron chi connectivity index (χ0n) is 15.1. The summed E-state index contributed by atoms with van der Waals surface area (Å²) in [5.41, 5.74) is 4.35. The number of benzene rings is 1. The van der Waals surface area contributed by atoms with Crippen molar-refractivity contribution in [3.05, 3.63) is 34.9 Å². The van der Waals surface area contributed by atoms with Gasteiger partial charge in [-0.2, -0.15) is 0 Å². The molecule has 0 radical (unpaired) electrons. The Kier molecular flexibility index (Phi) is 3.51. The lowest BCUT2D eigenvalue weighted by atomic mass is 9.76. The Hall–Kier alpha value is -2.14. The molecule has 2 aliphatic heterocycles. The van der Waals surface area contributed by atoms with Gasteiger partial charge in [0, 0.05) is 25.1 Å². The van der Waals surface area contributed by atoms with Crippen molar-refractivity contribution >= 4 is 22.7 Å². The van der Waals surface area contributed by atoms with Gasteiger partial charge in [-0.1, -0.05) is 0 Å². The molecule has 5 heteroatoms. The molecule has 5 nitrogen and oxygen atoms in total. The highest BCUT2D eigenvalue weighted by atomic mass is 16.5. The van der Waals surface area contributed by atoms with Crippen molar-refractivity contribution in [1.29, 1.82) is 0 Å². The number of ether oxygens (including phenoxy) is 1. The topological polar surface area (TPSA) is 62.7 Å². The van der Waals surface area contributed by atoms with Crippen LogP contribution < -0.4 is 4.90 Å². The fraction of sp³-hybridized carbons (Fsp3) is 0.524. The van der Waals surface area contributed by atoms with Gasteiger partial charge in [0.1, 0.15) is 11.2 Å². The van der Waals surface area contributed by atoms with E-state index in [2.05, 4.69) is 30.0 Å². The van der Waals surface area contributed by atoms with Crippen molar-refractivity contribution in [3.63, 3.8) is 0 Å². The molecule has 2 fully saturated rings. The molecule has 1 N–H and O–H groups in total. The van der Waals surface area contributed by atoms with Crippen LogP contribution in [0.5, 0.6) is 0 Å². The number of aliphatic carboxylic acids is 1. The van der Waals surface area contributed by atoms with Gasteiger partial charge in [-0.3, -0.25) is 4.79 Å². The third kappa shape index (κ3) is 2.26. The second-order valence-corrected chi connectivity index (χ2v) is 8.17. The lowest BCUT2D eigenvalue weighted by Crippen LogP contribution is -2.46. The molecule has 1 aromatic carbocycles. The van der Waals surface area contributed by atoms with Gasteiger partial charge in [0.2, 0.25) is 0 Å². The third-order valence-corrected chi connectivity index (χ3v) is 6.63. The number of carboxylic acid groups (broad SMARTS) is 1. The van der Waals surface area contributed by atoms with E-state index >= 15 is 0 Å². The molecule has 26 heavy (non-hydrogen) atoms. The zero-order valence-corrected chi connectivity index (χ0v) is 15.1. The summed E-state index contributed by atoms with van der Waals surface area (Å²) in [4.78, 5) is 19.1. The average molecular weight is 352 g/mol. The smallest absolute Gasteiger partial charge is 0.314 e. The molecule has 0 amide bonds. The lowest BCUT2D eigenvalue weighted by Gasteiger charge is -2.33. The number of anilines is 1. The highest BCUT2D eigenvalue weighted by molar-refractivity contribution is 5.86. The Labute approximate surface area is 153 Å². The minimum Gasteiger partial charge on any atom is -0.481 e. The molecule has 3 heterocycles. The Morgan fingerprint density at radius 2 is 2.12 bits per heavy atom. The molecule has 2 saturated heterocycles. The first kappa shape index (κ1) is 16.1. The van der Waals surface area contributed by atoms with E-state index < -0.39 is 11.4 Å². The first-order valence-electron chi connectivity index (χ1n) is 9.56. The quantitative estimate of drug-likeness (QED) is 0.900. The number of carboxylic acids is 1. The van der Waals surface area contributed by atoms with E-state index in [1.165, 1.54) is 34.9 Å². The van der Waals surface area contributed by atoms with Crippen LogP contribution in [0, 0.1) is 18.3 Å². The molecule has 2 aromatic rings. The van der Waals surface area contributed by atoms with E-state index in [1.54, 1.807) is 0 Å². The molecular weight excluding hydrogens is 328 g/mol. The Bertz CT molecular complexity index is 910. The highest BCUT2D eigenvalue weighted by Crippen LogP contribution is 2.43. The molecule has 0 unspecified atom stereocenters. The van der Waals surface area contributed by atoms with Crippen molar-refractivity contribution in [3.8, 4) is 0 Å². The fourth-order valence-corrected chi connectivity index (χ4v) is 5.07. The second kappa shape index (κ2) is 5.68. The normalized spacial score (nSPS) is 27.6. The predicted octanol–water partition coefficient (Wildman–Crippen LogP) is 2.96. The monoisotopic (exact) mass is 352 g/mol. The van der Waals surface area contributed by atoms with Gasteiger partial charge in [-0.05, 0) is 73.4 Å². The molecule has 1 aliphatic carbocycles. The second-order valence-electron chi connectivity index (χ2n) is 8.17. The van der Waals surface area contributed by atoms with Crippen LogP contribution in [0.25, 0.3) is 10.9 Å². The SMILES string of the molecule is Cc1cc(N2C[C@@H]3CCOC[C@]3(C(=O)O)C2)nc2cc3c(cc12)CCC3. The number of carbonyl (C=O) groups is 1. The molecule has 0 spiro atoms. The maximum Gasteiger partial charge on any atom is 0.314 e. The van der Waals surface area contributed by atoms with Crippen molar-refractivity contribution in [1.82, 2.24) is 4.98 Å². The first-order valence-corrected chi connectivity index (χ1v) is 9.56. The van der Waals surface area contributed by atoms with Crippen LogP contribution >= 0.6 is 0 Å². The molecular formula is C21H24N2O3. The number of hydrogen-bond donors (Lipinski definition) is 1. The van der Waals surface area contributed by atoms with Crippen LogP contribution in [-0.4, -0.2) is 42.4 Å². The molecule has 0 bridgehead atoms.